The maximum absolute atomic E-state index is 5.48. The second kappa shape index (κ2) is 6.17. The molecule has 0 aromatic carbocycles. The van der Waals surface area contributed by atoms with Gasteiger partial charge in [-0.25, -0.2) is 4.98 Å². The van der Waals surface area contributed by atoms with Crippen LogP contribution in [-0.4, -0.2) is 35.4 Å². The lowest BCUT2D eigenvalue weighted by Gasteiger charge is -2.28. The zero-order valence-electron chi connectivity index (χ0n) is 11.7. The lowest BCUT2D eigenvalue weighted by Crippen LogP contribution is -2.37. The zero-order chi connectivity index (χ0) is 12.9. The average molecular weight is 239 g/mol. The second-order valence-electron chi connectivity index (χ2n) is 4.99. The van der Waals surface area contributed by atoms with Crippen molar-refractivity contribution in [3.63, 3.8) is 0 Å². The van der Waals surface area contributed by atoms with E-state index in [4.69, 9.17) is 4.74 Å². The third-order valence-electron chi connectivity index (χ3n) is 3.27. The number of hydrogen-bond acceptors (Lipinski definition) is 3. The minimum absolute atomic E-state index is 0.0999. The molecule has 1 heterocycles. The van der Waals surface area contributed by atoms with Crippen LogP contribution in [0.2, 0.25) is 0 Å². The predicted molar refractivity (Wildman–Crippen MR) is 70.2 cm³/mol. The third-order valence-corrected chi connectivity index (χ3v) is 3.27. The van der Waals surface area contributed by atoms with Crippen molar-refractivity contribution >= 4 is 0 Å². The van der Waals surface area contributed by atoms with Crippen molar-refractivity contribution in [2.75, 3.05) is 14.2 Å². The molecular formula is C13H25N3O. The van der Waals surface area contributed by atoms with Gasteiger partial charge >= 0.3 is 0 Å². The Morgan fingerprint density at radius 3 is 2.76 bits per heavy atom. The second-order valence-corrected chi connectivity index (χ2v) is 4.99. The molecule has 1 unspecified atom stereocenters. The summed E-state index contributed by atoms with van der Waals surface area (Å²) in [7, 11) is 3.76. The molecule has 1 aromatic rings. The Balaban J connectivity index is 2.64. The highest BCUT2D eigenvalue weighted by Gasteiger charge is 2.23. The number of aromatic nitrogens is 2. The van der Waals surface area contributed by atoms with Crippen molar-refractivity contribution in [3.8, 4) is 0 Å². The number of ether oxygens (including phenoxy) is 1. The van der Waals surface area contributed by atoms with Crippen molar-refractivity contribution < 1.29 is 4.74 Å². The maximum atomic E-state index is 5.48. The Hall–Kier alpha value is -0.870. The van der Waals surface area contributed by atoms with E-state index in [1.165, 1.54) is 0 Å². The molecule has 0 aliphatic carbocycles. The summed E-state index contributed by atoms with van der Waals surface area (Å²) >= 11 is 0. The van der Waals surface area contributed by atoms with Gasteiger partial charge in [0.15, 0.2) is 0 Å². The van der Waals surface area contributed by atoms with Gasteiger partial charge in [-0.2, -0.15) is 0 Å². The third kappa shape index (κ3) is 4.13. The minimum Gasteiger partial charge on any atom is -0.379 e. The normalized spacial score (nSPS) is 13.9. The molecule has 0 spiro atoms. The van der Waals surface area contributed by atoms with Crippen molar-refractivity contribution in [2.45, 2.75) is 51.8 Å². The Morgan fingerprint density at radius 2 is 2.24 bits per heavy atom. The number of nitrogens with one attached hydrogen (secondary N) is 1. The molecule has 0 radical (unpaired) electrons. The van der Waals surface area contributed by atoms with Crippen LogP contribution in [0.5, 0.6) is 0 Å². The van der Waals surface area contributed by atoms with E-state index in [1.807, 2.05) is 19.4 Å². The van der Waals surface area contributed by atoms with Crippen molar-refractivity contribution in [1.29, 1.82) is 0 Å². The van der Waals surface area contributed by atoms with Crippen molar-refractivity contribution in [2.24, 2.45) is 0 Å². The van der Waals surface area contributed by atoms with E-state index in [1.54, 1.807) is 7.11 Å². The van der Waals surface area contributed by atoms with Gasteiger partial charge < -0.3 is 14.6 Å². The summed E-state index contributed by atoms with van der Waals surface area (Å²) in [6, 6.07) is 0.387. The lowest BCUT2D eigenvalue weighted by molar-refractivity contribution is 0.00753. The van der Waals surface area contributed by atoms with E-state index in [0.717, 1.165) is 25.2 Å². The topological polar surface area (TPSA) is 39.1 Å². The van der Waals surface area contributed by atoms with Gasteiger partial charge in [0, 0.05) is 38.5 Å². The first-order valence-corrected chi connectivity index (χ1v) is 6.24. The number of imidazole rings is 1. The van der Waals surface area contributed by atoms with Crippen LogP contribution in [-0.2, 0) is 17.7 Å². The smallest absolute Gasteiger partial charge is 0.110 e. The standard InChI is InChI=1S/C13H25N3O/c1-6-16-8-7-15-12(16)9-11(14-4)10-13(2,3)17-5/h7-8,11,14H,6,9-10H2,1-5H3. The van der Waals surface area contributed by atoms with Crippen molar-refractivity contribution in [1.82, 2.24) is 14.9 Å². The molecule has 98 valence electrons. The summed E-state index contributed by atoms with van der Waals surface area (Å²) in [5.41, 5.74) is -0.0999. The Labute approximate surface area is 104 Å². The van der Waals surface area contributed by atoms with Crippen LogP contribution in [0.1, 0.15) is 33.0 Å². The first-order valence-electron chi connectivity index (χ1n) is 6.24. The molecule has 0 saturated heterocycles. The molecule has 0 amide bonds. The van der Waals surface area contributed by atoms with Gasteiger partial charge in [0.25, 0.3) is 0 Å². The average Bonchev–Trinajstić information content (AvgIpc) is 2.75. The van der Waals surface area contributed by atoms with Gasteiger partial charge in [0.05, 0.1) is 5.60 Å². The van der Waals surface area contributed by atoms with Gasteiger partial charge in [-0.15, -0.1) is 0 Å². The number of nitrogens with zero attached hydrogens (tertiary/aromatic N) is 2. The molecule has 1 rings (SSSR count). The molecule has 17 heavy (non-hydrogen) atoms. The first kappa shape index (κ1) is 14.2. The summed E-state index contributed by atoms with van der Waals surface area (Å²) in [6.07, 6.45) is 5.80. The maximum Gasteiger partial charge on any atom is 0.110 e. The summed E-state index contributed by atoms with van der Waals surface area (Å²) in [5.74, 6) is 1.14. The highest BCUT2D eigenvalue weighted by molar-refractivity contribution is 4.96. The van der Waals surface area contributed by atoms with E-state index in [9.17, 15) is 0 Å². The molecule has 4 nitrogen and oxygen atoms in total. The Morgan fingerprint density at radius 1 is 1.53 bits per heavy atom. The molecule has 0 fully saturated rings. The van der Waals surface area contributed by atoms with Gasteiger partial charge in [-0.05, 0) is 34.2 Å². The van der Waals surface area contributed by atoms with E-state index in [-0.39, 0.29) is 5.60 Å². The van der Waals surface area contributed by atoms with Gasteiger partial charge in [-0.3, -0.25) is 0 Å². The zero-order valence-corrected chi connectivity index (χ0v) is 11.7. The molecule has 0 saturated carbocycles. The molecule has 0 aliphatic rings. The fourth-order valence-corrected chi connectivity index (χ4v) is 1.99. The number of likely N-dealkylation sites (N-methyl/N-ethyl adjacent to an activating group) is 1. The highest BCUT2D eigenvalue weighted by atomic mass is 16.5. The molecular weight excluding hydrogens is 214 g/mol. The Kier molecular flexibility index (Phi) is 5.15. The van der Waals surface area contributed by atoms with Gasteiger partial charge in [-0.1, -0.05) is 0 Å². The predicted octanol–water partition coefficient (Wildman–Crippen LogP) is 1.85. The van der Waals surface area contributed by atoms with Crippen LogP contribution in [0.25, 0.3) is 0 Å². The first-order chi connectivity index (χ1) is 8.02. The van der Waals surface area contributed by atoms with Gasteiger partial charge in [0.2, 0.25) is 0 Å². The number of aryl methyl sites for hydroxylation is 1. The molecule has 1 atom stereocenters. The summed E-state index contributed by atoms with van der Waals surface area (Å²) in [4.78, 5) is 4.41. The molecule has 4 heteroatoms. The largest absolute Gasteiger partial charge is 0.379 e. The number of methoxy groups -OCH3 is 1. The van der Waals surface area contributed by atoms with Crippen LogP contribution in [0.3, 0.4) is 0 Å². The molecule has 1 aromatic heterocycles. The van der Waals surface area contributed by atoms with Crippen LogP contribution in [0, 0.1) is 0 Å². The highest BCUT2D eigenvalue weighted by Crippen LogP contribution is 2.17. The van der Waals surface area contributed by atoms with Crippen LogP contribution < -0.4 is 5.32 Å². The van der Waals surface area contributed by atoms with Crippen molar-refractivity contribution in [3.05, 3.63) is 18.2 Å². The Bertz CT molecular complexity index is 333. The lowest BCUT2D eigenvalue weighted by atomic mass is 9.96. The number of hydrogen-bond donors (Lipinski definition) is 1. The van der Waals surface area contributed by atoms with E-state index >= 15 is 0 Å². The van der Waals surface area contributed by atoms with Crippen LogP contribution >= 0.6 is 0 Å². The minimum atomic E-state index is -0.0999. The quantitative estimate of drug-likeness (QED) is 0.789. The van der Waals surface area contributed by atoms with E-state index in [0.29, 0.717) is 6.04 Å². The fraction of sp³-hybridized carbons (Fsp3) is 0.769. The number of rotatable bonds is 7. The van der Waals surface area contributed by atoms with E-state index < -0.39 is 0 Å². The van der Waals surface area contributed by atoms with Gasteiger partial charge in [0.1, 0.15) is 5.82 Å². The summed E-state index contributed by atoms with van der Waals surface area (Å²) < 4.78 is 7.66. The monoisotopic (exact) mass is 239 g/mol. The molecule has 0 aliphatic heterocycles. The summed E-state index contributed by atoms with van der Waals surface area (Å²) in [6.45, 7) is 7.34. The molecule has 0 bridgehead atoms. The SMILES string of the molecule is CCn1ccnc1CC(CC(C)(C)OC)NC. The van der Waals surface area contributed by atoms with Crippen LogP contribution in [0.4, 0.5) is 0 Å². The fourth-order valence-electron chi connectivity index (χ4n) is 1.99. The van der Waals surface area contributed by atoms with E-state index in [2.05, 4.69) is 35.6 Å². The summed E-state index contributed by atoms with van der Waals surface area (Å²) in [5, 5.41) is 3.35. The van der Waals surface area contributed by atoms with Crippen LogP contribution in [0.15, 0.2) is 12.4 Å². The molecule has 1 N–H and O–H groups in total.